The van der Waals surface area contributed by atoms with Crippen molar-refractivity contribution in [2.24, 2.45) is 10.7 Å². The van der Waals surface area contributed by atoms with Gasteiger partial charge in [0.15, 0.2) is 0 Å². The molecule has 0 bridgehead atoms. The molecule has 7 nitrogen and oxygen atoms in total. The second kappa shape index (κ2) is 9.25. The molecule has 0 atom stereocenters. The molecule has 0 rings (SSSR count). The molecule has 25 heavy (non-hydrogen) atoms. The van der Waals surface area contributed by atoms with Crippen molar-refractivity contribution in [1.82, 2.24) is 4.90 Å². The van der Waals surface area contributed by atoms with E-state index in [2.05, 4.69) is 18.2 Å². The first-order valence-corrected chi connectivity index (χ1v) is 8.12. The summed E-state index contributed by atoms with van der Waals surface area (Å²) in [6.45, 7) is 17.7. The lowest BCUT2D eigenvalue weighted by molar-refractivity contribution is 0.0310. The number of ether oxygens (including phenoxy) is 2. The molecule has 0 saturated carbocycles. The molecule has 0 aliphatic carbocycles. The van der Waals surface area contributed by atoms with Gasteiger partial charge in [0.2, 0.25) is 5.96 Å². The van der Waals surface area contributed by atoms with Crippen LogP contribution in [-0.4, -0.2) is 40.3 Å². The first-order chi connectivity index (χ1) is 11.3. The molecular weight excluding hydrogens is 322 g/mol. The van der Waals surface area contributed by atoms with E-state index in [4.69, 9.17) is 15.2 Å². The first kappa shape index (κ1) is 22.7. The van der Waals surface area contributed by atoms with E-state index in [1.54, 1.807) is 53.7 Å². The summed E-state index contributed by atoms with van der Waals surface area (Å²) in [6, 6.07) is -0.420. The van der Waals surface area contributed by atoms with Crippen molar-refractivity contribution in [2.75, 3.05) is 0 Å². The van der Waals surface area contributed by atoms with Gasteiger partial charge in [-0.1, -0.05) is 12.2 Å². The molecule has 2 N–H and O–H groups in total. The van der Waals surface area contributed by atoms with Crippen LogP contribution in [0.4, 0.5) is 9.59 Å². The van der Waals surface area contributed by atoms with Crippen LogP contribution in [0.2, 0.25) is 0 Å². The highest BCUT2D eigenvalue weighted by atomic mass is 16.6. The number of carbonyl (C=O) groups is 2. The minimum Gasteiger partial charge on any atom is -0.443 e. The van der Waals surface area contributed by atoms with E-state index >= 15 is 0 Å². The standard InChI is InChI=1S/C18H31N3O4/c1-9-11-13(12-10-2)21(16(23)25-18(6,7)8)14(19)20-15(22)24-17(3,4)5/h9-10,13H,1-2,11-12H2,3-8H3,(H2,19,20,22). The number of amides is 2. The number of aliphatic imine (C=N–C) groups is 1. The van der Waals surface area contributed by atoms with Gasteiger partial charge in [0.25, 0.3) is 0 Å². The van der Waals surface area contributed by atoms with Gasteiger partial charge in [-0.2, -0.15) is 0 Å². The molecule has 0 aromatic carbocycles. The largest absolute Gasteiger partial charge is 0.443 e. The minimum atomic E-state index is -0.880. The van der Waals surface area contributed by atoms with E-state index in [-0.39, 0.29) is 5.96 Å². The number of guanidine groups is 1. The molecule has 0 spiro atoms. The molecule has 0 radical (unpaired) electrons. The predicted molar refractivity (Wildman–Crippen MR) is 99.3 cm³/mol. The molecule has 0 aromatic rings. The summed E-state index contributed by atoms with van der Waals surface area (Å²) in [5.41, 5.74) is 4.47. The van der Waals surface area contributed by atoms with E-state index in [1.807, 2.05) is 0 Å². The SMILES string of the molecule is C=CCC(CC=C)N(C(=O)OC(C)(C)C)/C(N)=N/C(=O)OC(C)(C)C. The normalized spacial score (nSPS) is 12.5. The van der Waals surface area contributed by atoms with Crippen molar-refractivity contribution < 1.29 is 19.1 Å². The van der Waals surface area contributed by atoms with E-state index in [1.165, 1.54) is 0 Å². The van der Waals surface area contributed by atoms with Crippen molar-refractivity contribution >= 4 is 18.1 Å². The Labute approximate surface area is 150 Å². The highest BCUT2D eigenvalue weighted by Gasteiger charge is 2.31. The third-order valence-electron chi connectivity index (χ3n) is 2.68. The van der Waals surface area contributed by atoms with Crippen LogP contribution in [0.15, 0.2) is 30.3 Å². The van der Waals surface area contributed by atoms with E-state index < -0.39 is 29.4 Å². The molecule has 7 heteroatoms. The summed E-state index contributed by atoms with van der Waals surface area (Å²) < 4.78 is 10.5. The van der Waals surface area contributed by atoms with E-state index in [9.17, 15) is 9.59 Å². The molecule has 0 aliphatic rings. The second-order valence-corrected chi connectivity index (χ2v) is 7.50. The molecule has 142 valence electrons. The average molecular weight is 353 g/mol. The Kier molecular flexibility index (Phi) is 8.39. The Balaban J connectivity index is 5.68. The Bertz CT molecular complexity index is 517. The van der Waals surface area contributed by atoms with Gasteiger partial charge in [0.1, 0.15) is 11.2 Å². The Morgan fingerprint density at radius 1 is 1.04 bits per heavy atom. The second-order valence-electron chi connectivity index (χ2n) is 7.50. The molecule has 0 saturated heterocycles. The minimum absolute atomic E-state index is 0.294. The lowest BCUT2D eigenvalue weighted by Crippen LogP contribution is -2.50. The zero-order valence-electron chi connectivity index (χ0n) is 16.2. The lowest BCUT2D eigenvalue weighted by atomic mass is 10.1. The fourth-order valence-corrected chi connectivity index (χ4v) is 1.86. The van der Waals surface area contributed by atoms with Crippen molar-refractivity contribution in [3.63, 3.8) is 0 Å². The highest BCUT2D eigenvalue weighted by Crippen LogP contribution is 2.17. The van der Waals surface area contributed by atoms with Crippen LogP contribution in [0.5, 0.6) is 0 Å². The van der Waals surface area contributed by atoms with E-state index in [0.29, 0.717) is 12.8 Å². The quantitative estimate of drug-likeness (QED) is 0.458. The summed E-state index contributed by atoms with van der Waals surface area (Å²) in [7, 11) is 0. The Morgan fingerprint density at radius 2 is 1.48 bits per heavy atom. The van der Waals surface area contributed by atoms with Crippen molar-refractivity contribution in [2.45, 2.75) is 71.6 Å². The van der Waals surface area contributed by atoms with Gasteiger partial charge in [-0.05, 0) is 54.4 Å². The maximum absolute atomic E-state index is 12.6. The third kappa shape index (κ3) is 9.54. The van der Waals surface area contributed by atoms with Gasteiger partial charge in [0.05, 0.1) is 6.04 Å². The number of nitrogens with zero attached hydrogens (tertiary/aromatic N) is 2. The Hall–Kier alpha value is -2.31. The molecule has 0 unspecified atom stereocenters. The van der Waals surface area contributed by atoms with Crippen LogP contribution in [0.25, 0.3) is 0 Å². The summed E-state index contributed by atoms with van der Waals surface area (Å²) >= 11 is 0. The summed E-state index contributed by atoms with van der Waals surface area (Å²) in [5, 5.41) is 0. The zero-order valence-corrected chi connectivity index (χ0v) is 16.2. The van der Waals surface area contributed by atoms with Crippen LogP contribution in [0, 0.1) is 0 Å². The van der Waals surface area contributed by atoms with Gasteiger partial charge in [-0.25, -0.2) is 14.5 Å². The lowest BCUT2D eigenvalue weighted by Gasteiger charge is -2.31. The van der Waals surface area contributed by atoms with Gasteiger partial charge in [0, 0.05) is 0 Å². The summed E-state index contributed by atoms with van der Waals surface area (Å²) in [6.07, 6.45) is 2.56. The van der Waals surface area contributed by atoms with Crippen molar-refractivity contribution in [3.05, 3.63) is 25.3 Å². The number of rotatable bonds is 5. The fourth-order valence-electron chi connectivity index (χ4n) is 1.86. The van der Waals surface area contributed by atoms with Crippen LogP contribution < -0.4 is 5.73 Å². The number of hydrogen-bond donors (Lipinski definition) is 1. The first-order valence-electron chi connectivity index (χ1n) is 8.12. The monoisotopic (exact) mass is 353 g/mol. The van der Waals surface area contributed by atoms with Gasteiger partial charge >= 0.3 is 12.2 Å². The smallest absolute Gasteiger partial charge is 0.437 e. The molecule has 0 aromatic heterocycles. The third-order valence-corrected chi connectivity index (χ3v) is 2.68. The number of hydrogen-bond acceptors (Lipinski definition) is 4. The molecule has 0 aliphatic heterocycles. The number of nitrogens with two attached hydrogens (primary N) is 1. The van der Waals surface area contributed by atoms with Gasteiger partial charge in [-0.3, -0.25) is 0 Å². The molecule has 0 fully saturated rings. The molecule has 0 heterocycles. The number of carbonyl (C=O) groups excluding carboxylic acids is 2. The maximum atomic E-state index is 12.6. The fraction of sp³-hybridized carbons (Fsp3) is 0.611. The van der Waals surface area contributed by atoms with E-state index in [0.717, 1.165) is 4.90 Å². The van der Waals surface area contributed by atoms with Crippen LogP contribution >= 0.6 is 0 Å². The Morgan fingerprint density at radius 3 is 1.84 bits per heavy atom. The summed E-state index contributed by atoms with van der Waals surface area (Å²) in [5.74, 6) is -0.294. The highest BCUT2D eigenvalue weighted by molar-refractivity contribution is 5.98. The predicted octanol–water partition coefficient (Wildman–Crippen LogP) is 3.99. The molecule has 2 amide bonds. The van der Waals surface area contributed by atoms with Crippen molar-refractivity contribution in [1.29, 1.82) is 0 Å². The molecular formula is C18H31N3O4. The zero-order chi connectivity index (χ0) is 19.8. The van der Waals surface area contributed by atoms with Gasteiger partial charge in [-0.15, -0.1) is 18.2 Å². The average Bonchev–Trinajstić information content (AvgIpc) is 2.34. The topological polar surface area (TPSA) is 94.2 Å². The summed E-state index contributed by atoms with van der Waals surface area (Å²) in [4.78, 5) is 29.3. The van der Waals surface area contributed by atoms with Crippen molar-refractivity contribution in [3.8, 4) is 0 Å². The van der Waals surface area contributed by atoms with Gasteiger partial charge < -0.3 is 15.2 Å². The maximum Gasteiger partial charge on any atom is 0.437 e. The van der Waals surface area contributed by atoms with Crippen LogP contribution in [0.3, 0.4) is 0 Å². The van der Waals surface area contributed by atoms with Crippen LogP contribution in [0.1, 0.15) is 54.4 Å². The van der Waals surface area contributed by atoms with Crippen LogP contribution in [-0.2, 0) is 9.47 Å².